The normalized spacial score (nSPS) is 14.8. The minimum absolute atomic E-state index is 0.101. The second kappa shape index (κ2) is 9.71. The fourth-order valence-electron chi connectivity index (χ4n) is 3.46. The number of para-hydroxylation sites is 1. The Labute approximate surface area is 177 Å². The fraction of sp³-hybridized carbons (Fsp3) is 0.381. The average Bonchev–Trinajstić information content (AvgIpc) is 2.73. The number of ether oxygens (including phenoxy) is 1. The van der Waals surface area contributed by atoms with E-state index in [9.17, 15) is 13.2 Å². The highest BCUT2D eigenvalue weighted by molar-refractivity contribution is 7.92. The summed E-state index contributed by atoms with van der Waals surface area (Å²) in [4.78, 5) is 14.6. The molecule has 3 N–H and O–H groups in total. The summed E-state index contributed by atoms with van der Waals surface area (Å²) in [6, 6.07) is 14.8. The van der Waals surface area contributed by atoms with Crippen LogP contribution in [0.15, 0.2) is 48.5 Å². The first-order valence-electron chi connectivity index (χ1n) is 9.83. The van der Waals surface area contributed by atoms with Crippen molar-refractivity contribution in [3.05, 3.63) is 54.1 Å². The van der Waals surface area contributed by atoms with Crippen molar-refractivity contribution in [3.63, 3.8) is 0 Å². The molecule has 0 aromatic heterocycles. The molecule has 2 aromatic carbocycles. The number of methoxy groups -OCH3 is 1. The molecule has 1 aliphatic heterocycles. The lowest BCUT2D eigenvalue weighted by molar-refractivity contribution is 0.234. The highest BCUT2D eigenvalue weighted by Gasteiger charge is 2.21. The van der Waals surface area contributed by atoms with Gasteiger partial charge in [-0.3, -0.25) is 4.72 Å². The van der Waals surface area contributed by atoms with Gasteiger partial charge in [-0.05, 0) is 48.7 Å². The molecule has 0 radical (unpaired) electrons. The van der Waals surface area contributed by atoms with Gasteiger partial charge in [0.25, 0.3) is 0 Å². The number of hydrogen-bond donors (Lipinski definition) is 3. The minimum Gasteiger partial charge on any atom is -0.497 e. The van der Waals surface area contributed by atoms with Gasteiger partial charge in [-0.25, -0.2) is 13.2 Å². The maximum Gasteiger partial charge on any atom is 0.315 e. The molecule has 0 atom stereocenters. The van der Waals surface area contributed by atoms with Gasteiger partial charge in [0.05, 0.1) is 19.1 Å². The van der Waals surface area contributed by atoms with Crippen LogP contribution in [0.3, 0.4) is 0 Å². The summed E-state index contributed by atoms with van der Waals surface area (Å²) in [6.45, 7) is 1.95. The molecule has 2 amide bonds. The smallest absolute Gasteiger partial charge is 0.315 e. The third-order valence-corrected chi connectivity index (χ3v) is 5.61. The molecule has 1 fully saturated rings. The standard InChI is InChI=1S/C21H28N4O4S/c1-29-19-9-7-18(8-10-19)25-13-11-17(12-14-25)23-21(26)22-15-16-5-3-4-6-20(16)24-30(2,27)28/h3-10,17,24H,11-15H2,1-2H3,(H2,22,23,26). The second-order valence-electron chi connectivity index (χ2n) is 7.32. The molecule has 1 aliphatic rings. The van der Waals surface area contributed by atoms with Crippen LogP contribution in [0.5, 0.6) is 5.75 Å². The quantitative estimate of drug-likeness (QED) is 0.624. The van der Waals surface area contributed by atoms with Crippen LogP contribution in [-0.4, -0.2) is 46.9 Å². The molecule has 0 spiro atoms. The third kappa shape index (κ3) is 6.28. The van der Waals surface area contributed by atoms with Gasteiger partial charge in [-0.1, -0.05) is 18.2 Å². The lowest BCUT2D eigenvalue weighted by Crippen LogP contribution is -2.47. The zero-order valence-corrected chi connectivity index (χ0v) is 18.0. The Balaban J connectivity index is 1.46. The highest BCUT2D eigenvalue weighted by Crippen LogP contribution is 2.23. The predicted octanol–water partition coefficient (Wildman–Crippen LogP) is 2.53. The Hall–Kier alpha value is -2.94. The van der Waals surface area contributed by atoms with Gasteiger partial charge in [-0.2, -0.15) is 0 Å². The van der Waals surface area contributed by atoms with E-state index in [0.717, 1.165) is 43.6 Å². The molecule has 2 aromatic rings. The number of benzene rings is 2. The van der Waals surface area contributed by atoms with Gasteiger partial charge in [0.1, 0.15) is 5.75 Å². The molecule has 3 rings (SSSR count). The molecule has 8 nitrogen and oxygen atoms in total. The summed E-state index contributed by atoms with van der Waals surface area (Å²) in [5.74, 6) is 0.834. The zero-order chi connectivity index (χ0) is 21.6. The first-order valence-corrected chi connectivity index (χ1v) is 11.7. The largest absolute Gasteiger partial charge is 0.497 e. The van der Waals surface area contributed by atoms with Crippen LogP contribution in [0.4, 0.5) is 16.2 Å². The summed E-state index contributed by atoms with van der Waals surface area (Å²) in [6.07, 6.45) is 2.81. The third-order valence-electron chi connectivity index (χ3n) is 5.02. The van der Waals surface area contributed by atoms with Crippen molar-refractivity contribution < 1.29 is 17.9 Å². The molecular weight excluding hydrogens is 404 g/mol. The number of carbonyl (C=O) groups excluding carboxylic acids is 1. The van der Waals surface area contributed by atoms with Gasteiger partial charge in [0, 0.05) is 31.4 Å². The van der Waals surface area contributed by atoms with E-state index in [0.29, 0.717) is 11.3 Å². The lowest BCUT2D eigenvalue weighted by Gasteiger charge is -2.34. The van der Waals surface area contributed by atoms with Gasteiger partial charge >= 0.3 is 6.03 Å². The van der Waals surface area contributed by atoms with Crippen LogP contribution in [0, 0.1) is 0 Å². The van der Waals surface area contributed by atoms with Crippen LogP contribution >= 0.6 is 0 Å². The first kappa shape index (κ1) is 21.8. The van der Waals surface area contributed by atoms with Crippen molar-refractivity contribution in [2.45, 2.75) is 25.4 Å². The number of amides is 2. The number of anilines is 2. The number of carbonyl (C=O) groups is 1. The summed E-state index contributed by atoms with van der Waals surface area (Å²) in [5, 5.41) is 5.83. The zero-order valence-electron chi connectivity index (χ0n) is 17.2. The molecule has 0 aliphatic carbocycles. The Morgan fingerprint density at radius 3 is 2.40 bits per heavy atom. The van der Waals surface area contributed by atoms with E-state index >= 15 is 0 Å². The van der Waals surface area contributed by atoms with Gasteiger partial charge in [0.15, 0.2) is 0 Å². The summed E-state index contributed by atoms with van der Waals surface area (Å²) in [7, 11) is -1.73. The van der Waals surface area contributed by atoms with Crippen LogP contribution < -0.4 is 25.0 Å². The molecule has 1 saturated heterocycles. The van der Waals surface area contributed by atoms with Crippen molar-refractivity contribution in [1.29, 1.82) is 0 Å². The van der Waals surface area contributed by atoms with Crippen molar-refractivity contribution in [3.8, 4) is 5.75 Å². The fourth-order valence-corrected chi connectivity index (χ4v) is 4.06. The summed E-state index contributed by atoms with van der Waals surface area (Å²) < 4.78 is 30.7. The molecule has 0 unspecified atom stereocenters. The average molecular weight is 433 g/mol. The number of hydrogen-bond acceptors (Lipinski definition) is 5. The summed E-state index contributed by atoms with van der Waals surface area (Å²) >= 11 is 0. The van der Waals surface area contributed by atoms with Crippen molar-refractivity contribution in [2.75, 3.05) is 36.1 Å². The lowest BCUT2D eigenvalue weighted by atomic mass is 10.0. The molecular formula is C21H28N4O4S. The minimum atomic E-state index is -3.38. The maximum absolute atomic E-state index is 12.3. The van der Waals surface area contributed by atoms with Crippen molar-refractivity contribution in [1.82, 2.24) is 10.6 Å². The van der Waals surface area contributed by atoms with Gasteiger partial charge < -0.3 is 20.3 Å². The van der Waals surface area contributed by atoms with E-state index in [2.05, 4.69) is 20.3 Å². The number of nitrogens with one attached hydrogen (secondary N) is 3. The topological polar surface area (TPSA) is 99.8 Å². The molecule has 0 saturated carbocycles. The number of nitrogens with zero attached hydrogens (tertiary/aromatic N) is 1. The predicted molar refractivity (Wildman–Crippen MR) is 119 cm³/mol. The molecule has 0 bridgehead atoms. The number of piperidine rings is 1. The summed E-state index contributed by atoms with van der Waals surface area (Å²) in [5.41, 5.74) is 2.31. The Kier molecular flexibility index (Phi) is 7.04. The van der Waals surface area contributed by atoms with Crippen LogP contribution in [-0.2, 0) is 16.6 Å². The van der Waals surface area contributed by atoms with Crippen molar-refractivity contribution in [2.24, 2.45) is 0 Å². The van der Waals surface area contributed by atoms with Crippen LogP contribution in [0.2, 0.25) is 0 Å². The monoisotopic (exact) mass is 432 g/mol. The van der Waals surface area contributed by atoms with E-state index in [1.165, 1.54) is 0 Å². The van der Waals surface area contributed by atoms with E-state index in [1.54, 1.807) is 31.4 Å². The van der Waals surface area contributed by atoms with Crippen LogP contribution in [0.25, 0.3) is 0 Å². The van der Waals surface area contributed by atoms with E-state index in [-0.39, 0.29) is 18.6 Å². The second-order valence-corrected chi connectivity index (χ2v) is 9.07. The first-order chi connectivity index (χ1) is 14.3. The van der Waals surface area contributed by atoms with E-state index < -0.39 is 10.0 Å². The molecule has 9 heteroatoms. The Morgan fingerprint density at radius 1 is 1.10 bits per heavy atom. The number of urea groups is 1. The van der Waals surface area contributed by atoms with Gasteiger partial charge in [-0.15, -0.1) is 0 Å². The van der Waals surface area contributed by atoms with Crippen molar-refractivity contribution >= 4 is 27.4 Å². The SMILES string of the molecule is COc1ccc(N2CCC(NC(=O)NCc3ccccc3NS(C)(=O)=O)CC2)cc1. The Morgan fingerprint density at radius 2 is 1.77 bits per heavy atom. The number of sulfonamides is 1. The molecule has 1 heterocycles. The highest BCUT2D eigenvalue weighted by atomic mass is 32.2. The molecule has 30 heavy (non-hydrogen) atoms. The van der Waals surface area contributed by atoms with Gasteiger partial charge in [0.2, 0.25) is 10.0 Å². The maximum atomic E-state index is 12.3. The van der Waals surface area contributed by atoms with Crippen LogP contribution in [0.1, 0.15) is 18.4 Å². The van der Waals surface area contributed by atoms with E-state index in [1.807, 2.05) is 24.3 Å². The van der Waals surface area contributed by atoms with E-state index in [4.69, 9.17) is 4.74 Å². The number of rotatable bonds is 7. The Bertz CT molecular complexity index is 955. The molecule has 162 valence electrons.